The molecule has 6 nitrogen and oxygen atoms in total. The Morgan fingerprint density at radius 2 is 2.08 bits per heavy atom. The maximum Gasteiger partial charge on any atom is 0.287 e. The molecule has 0 aromatic carbocycles. The van der Waals surface area contributed by atoms with Gasteiger partial charge in [-0.15, -0.1) is 0 Å². The van der Waals surface area contributed by atoms with Crippen LogP contribution in [0.2, 0.25) is 0 Å². The molecule has 142 valence electrons. The molecule has 2 heterocycles. The van der Waals surface area contributed by atoms with Crippen LogP contribution in [0.15, 0.2) is 38.6 Å². The fourth-order valence-corrected chi connectivity index (χ4v) is 3.20. The summed E-state index contributed by atoms with van der Waals surface area (Å²) in [5.74, 6) is 1.42. The molecule has 3 N–H and O–H groups in total. The number of rotatable bonds is 9. The standard InChI is InChI=1S/C19H28N4O2S/c1-4-20-19(23-12-15(3)16-7-11-26-13-16)22-9-5-8-21-18(24)17-14(2)6-10-25-17/h6-7,10-11,13,15H,4-5,8-9,12H2,1-3H3,(H,21,24)(H2,20,22,23). The van der Waals surface area contributed by atoms with Gasteiger partial charge in [-0.1, -0.05) is 6.92 Å². The summed E-state index contributed by atoms with van der Waals surface area (Å²) in [5.41, 5.74) is 2.17. The Hall–Kier alpha value is -2.28. The molecule has 0 aliphatic rings. The van der Waals surface area contributed by atoms with Gasteiger partial charge in [0, 0.05) is 37.7 Å². The first-order valence-corrected chi connectivity index (χ1v) is 9.92. The molecule has 1 unspecified atom stereocenters. The quantitative estimate of drug-likeness (QED) is 0.357. The van der Waals surface area contributed by atoms with E-state index in [1.807, 2.05) is 13.8 Å². The topological polar surface area (TPSA) is 78.7 Å². The van der Waals surface area contributed by atoms with Crippen LogP contribution in [-0.4, -0.2) is 38.0 Å². The molecule has 2 rings (SSSR count). The second kappa shape index (κ2) is 10.7. The molecule has 26 heavy (non-hydrogen) atoms. The lowest BCUT2D eigenvalue weighted by Crippen LogP contribution is -2.39. The Morgan fingerprint density at radius 1 is 1.27 bits per heavy atom. The number of furan rings is 1. The zero-order chi connectivity index (χ0) is 18.8. The highest BCUT2D eigenvalue weighted by atomic mass is 32.1. The van der Waals surface area contributed by atoms with Crippen molar-refractivity contribution >= 4 is 23.2 Å². The van der Waals surface area contributed by atoms with Crippen LogP contribution in [-0.2, 0) is 0 Å². The summed E-state index contributed by atoms with van der Waals surface area (Å²) in [5, 5.41) is 13.7. The van der Waals surface area contributed by atoms with Crippen LogP contribution in [0.5, 0.6) is 0 Å². The number of hydrogen-bond donors (Lipinski definition) is 3. The molecular weight excluding hydrogens is 348 g/mol. The highest BCUT2D eigenvalue weighted by molar-refractivity contribution is 7.07. The van der Waals surface area contributed by atoms with E-state index in [4.69, 9.17) is 4.42 Å². The summed E-state index contributed by atoms with van der Waals surface area (Å²) < 4.78 is 5.18. The van der Waals surface area contributed by atoms with Gasteiger partial charge >= 0.3 is 0 Å². The Labute approximate surface area is 159 Å². The SMILES string of the molecule is CCNC(=NCC(C)c1ccsc1)NCCCNC(=O)c1occc1C. The summed E-state index contributed by atoms with van der Waals surface area (Å²) in [6.45, 7) is 8.95. The van der Waals surface area contributed by atoms with E-state index in [9.17, 15) is 4.79 Å². The summed E-state index contributed by atoms with van der Waals surface area (Å²) in [6, 6.07) is 3.93. The minimum Gasteiger partial charge on any atom is -0.459 e. The third-order valence-electron chi connectivity index (χ3n) is 3.98. The number of thiophene rings is 1. The third kappa shape index (κ3) is 6.22. The van der Waals surface area contributed by atoms with Crippen LogP contribution in [0.25, 0.3) is 0 Å². The summed E-state index contributed by atoms with van der Waals surface area (Å²) in [6.07, 6.45) is 2.33. The fraction of sp³-hybridized carbons (Fsp3) is 0.474. The van der Waals surface area contributed by atoms with Crippen LogP contribution >= 0.6 is 11.3 Å². The van der Waals surface area contributed by atoms with Crippen molar-refractivity contribution in [3.8, 4) is 0 Å². The Balaban J connectivity index is 1.70. The number of amides is 1. The highest BCUT2D eigenvalue weighted by Gasteiger charge is 2.11. The fourth-order valence-electron chi connectivity index (χ4n) is 2.41. The molecule has 2 aromatic heterocycles. The number of nitrogens with zero attached hydrogens (tertiary/aromatic N) is 1. The van der Waals surface area contributed by atoms with Gasteiger partial charge in [-0.05, 0) is 48.7 Å². The van der Waals surface area contributed by atoms with Crippen molar-refractivity contribution in [1.29, 1.82) is 0 Å². The molecule has 1 atom stereocenters. The zero-order valence-corrected chi connectivity index (χ0v) is 16.5. The first-order valence-electron chi connectivity index (χ1n) is 8.98. The number of guanidine groups is 1. The molecular formula is C19H28N4O2S. The molecule has 7 heteroatoms. The minimum absolute atomic E-state index is 0.169. The van der Waals surface area contributed by atoms with Gasteiger partial charge < -0.3 is 20.4 Å². The van der Waals surface area contributed by atoms with Crippen LogP contribution in [0.1, 0.15) is 47.9 Å². The zero-order valence-electron chi connectivity index (χ0n) is 15.7. The summed E-state index contributed by atoms with van der Waals surface area (Å²) >= 11 is 1.71. The maximum atomic E-state index is 12.0. The predicted molar refractivity (Wildman–Crippen MR) is 107 cm³/mol. The Morgan fingerprint density at radius 3 is 2.73 bits per heavy atom. The lowest BCUT2D eigenvalue weighted by atomic mass is 10.1. The van der Waals surface area contributed by atoms with Crippen molar-refractivity contribution in [2.45, 2.75) is 33.1 Å². The van der Waals surface area contributed by atoms with Gasteiger partial charge in [0.25, 0.3) is 5.91 Å². The van der Waals surface area contributed by atoms with E-state index in [1.54, 1.807) is 17.4 Å². The first kappa shape index (κ1) is 20.0. The average Bonchev–Trinajstić information content (AvgIpc) is 3.30. The van der Waals surface area contributed by atoms with Crippen LogP contribution < -0.4 is 16.0 Å². The van der Waals surface area contributed by atoms with E-state index >= 15 is 0 Å². The normalized spacial score (nSPS) is 12.7. The molecule has 0 radical (unpaired) electrons. The van der Waals surface area contributed by atoms with Gasteiger partial charge in [0.1, 0.15) is 0 Å². The van der Waals surface area contributed by atoms with Crippen molar-refractivity contribution in [3.63, 3.8) is 0 Å². The molecule has 0 saturated carbocycles. The molecule has 0 saturated heterocycles. The van der Waals surface area contributed by atoms with Gasteiger partial charge in [0.2, 0.25) is 0 Å². The second-order valence-electron chi connectivity index (χ2n) is 6.15. The lowest BCUT2D eigenvalue weighted by molar-refractivity contribution is 0.0925. The molecule has 1 amide bonds. The molecule has 2 aromatic rings. The van der Waals surface area contributed by atoms with Gasteiger partial charge in [-0.3, -0.25) is 9.79 Å². The predicted octanol–water partition coefficient (Wildman–Crippen LogP) is 3.13. The van der Waals surface area contributed by atoms with Gasteiger partial charge in [0.05, 0.1) is 6.26 Å². The Bertz CT molecular complexity index is 694. The Kier molecular flexibility index (Phi) is 8.21. The number of carbonyl (C=O) groups is 1. The van der Waals surface area contributed by atoms with Gasteiger partial charge in [0.15, 0.2) is 11.7 Å². The number of nitrogens with one attached hydrogen (secondary N) is 3. The van der Waals surface area contributed by atoms with E-state index < -0.39 is 0 Å². The third-order valence-corrected chi connectivity index (χ3v) is 4.68. The smallest absolute Gasteiger partial charge is 0.287 e. The van der Waals surface area contributed by atoms with E-state index in [1.165, 1.54) is 11.8 Å². The summed E-state index contributed by atoms with van der Waals surface area (Å²) in [7, 11) is 0. The lowest BCUT2D eigenvalue weighted by Gasteiger charge is -2.13. The number of carbonyl (C=O) groups excluding carboxylic acids is 1. The summed E-state index contributed by atoms with van der Waals surface area (Å²) in [4.78, 5) is 16.6. The van der Waals surface area contributed by atoms with Crippen molar-refractivity contribution < 1.29 is 9.21 Å². The molecule has 0 aliphatic heterocycles. The van der Waals surface area contributed by atoms with E-state index in [2.05, 4.69) is 44.7 Å². The largest absolute Gasteiger partial charge is 0.459 e. The van der Waals surface area contributed by atoms with Gasteiger partial charge in [-0.2, -0.15) is 11.3 Å². The van der Waals surface area contributed by atoms with Crippen LogP contribution in [0, 0.1) is 6.92 Å². The molecule has 0 fully saturated rings. The van der Waals surface area contributed by atoms with E-state index in [0.29, 0.717) is 18.2 Å². The second-order valence-corrected chi connectivity index (χ2v) is 6.93. The monoisotopic (exact) mass is 376 g/mol. The van der Waals surface area contributed by atoms with E-state index in [0.717, 1.165) is 37.6 Å². The number of aryl methyl sites for hydroxylation is 1. The number of hydrogen-bond acceptors (Lipinski definition) is 4. The van der Waals surface area contributed by atoms with Crippen LogP contribution in [0.3, 0.4) is 0 Å². The van der Waals surface area contributed by atoms with E-state index in [-0.39, 0.29) is 5.91 Å². The van der Waals surface area contributed by atoms with Gasteiger partial charge in [-0.25, -0.2) is 0 Å². The van der Waals surface area contributed by atoms with Crippen molar-refractivity contribution in [2.75, 3.05) is 26.2 Å². The van der Waals surface area contributed by atoms with Crippen molar-refractivity contribution in [2.24, 2.45) is 4.99 Å². The molecule has 0 bridgehead atoms. The average molecular weight is 377 g/mol. The maximum absolute atomic E-state index is 12.0. The molecule has 0 aliphatic carbocycles. The van der Waals surface area contributed by atoms with Crippen molar-refractivity contribution in [3.05, 3.63) is 46.0 Å². The minimum atomic E-state index is -0.169. The van der Waals surface area contributed by atoms with Crippen LogP contribution in [0.4, 0.5) is 0 Å². The molecule has 0 spiro atoms. The number of aliphatic imine (C=N–C) groups is 1. The van der Waals surface area contributed by atoms with Crippen molar-refractivity contribution in [1.82, 2.24) is 16.0 Å². The first-order chi connectivity index (χ1) is 12.6. The highest BCUT2D eigenvalue weighted by Crippen LogP contribution is 2.18.